The Morgan fingerprint density at radius 1 is 1.57 bits per heavy atom. The third kappa shape index (κ3) is 2.54. The van der Waals surface area contributed by atoms with E-state index in [0.29, 0.717) is 13.2 Å². The van der Waals surface area contributed by atoms with E-state index in [1.54, 1.807) is 11.3 Å². The molecule has 3 nitrogen and oxygen atoms in total. The summed E-state index contributed by atoms with van der Waals surface area (Å²) in [5, 5.41) is 17.0. The lowest BCUT2D eigenvalue weighted by molar-refractivity contribution is 0.122. The van der Waals surface area contributed by atoms with Crippen molar-refractivity contribution in [2.75, 3.05) is 19.8 Å². The molecule has 1 aromatic heterocycles. The van der Waals surface area contributed by atoms with Crippen LogP contribution in [0.1, 0.15) is 5.56 Å². The summed E-state index contributed by atoms with van der Waals surface area (Å²) in [7, 11) is 0. The average Bonchev–Trinajstić information content (AvgIpc) is 2.78. The maximum Gasteiger partial charge on any atom is 0.0948 e. The highest BCUT2D eigenvalue weighted by Crippen LogP contribution is 2.07. The van der Waals surface area contributed by atoms with E-state index in [1.165, 1.54) is 5.56 Å². The quantitative estimate of drug-likeness (QED) is 0.771. The van der Waals surface area contributed by atoms with Crippen molar-refractivity contribution in [2.45, 2.75) is 18.6 Å². The monoisotopic (exact) mass is 213 g/mol. The molecule has 0 aromatic carbocycles. The average molecular weight is 213 g/mol. The number of hydrogen-bond acceptors (Lipinski definition) is 4. The summed E-state index contributed by atoms with van der Waals surface area (Å²) in [5.74, 6) is 0. The lowest BCUT2D eigenvalue weighted by Gasteiger charge is -2.13. The molecule has 1 aliphatic heterocycles. The Bertz CT molecular complexity index is 263. The molecule has 1 aliphatic rings. The van der Waals surface area contributed by atoms with Crippen LogP contribution in [0, 0.1) is 0 Å². The van der Waals surface area contributed by atoms with Gasteiger partial charge in [-0.1, -0.05) is 0 Å². The van der Waals surface area contributed by atoms with Crippen LogP contribution in [-0.4, -0.2) is 37.0 Å². The number of thiophene rings is 1. The molecule has 0 amide bonds. The number of aliphatic hydroxyl groups excluding tert-OH is 1. The minimum atomic E-state index is -0.336. The molecular formula is C10H15NO2S. The molecule has 2 atom stereocenters. The van der Waals surface area contributed by atoms with Gasteiger partial charge in [0.1, 0.15) is 0 Å². The predicted octanol–water partition coefficient (Wildman–Crippen LogP) is 0.640. The molecule has 0 radical (unpaired) electrons. The van der Waals surface area contributed by atoms with Gasteiger partial charge in [0.25, 0.3) is 0 Å². The third-order valence-corrected chi connectivity index (χ3v) is 3.18. The minimum Gasteiger partial charge on any atom is -0.389 e. The van der Waals surface area contributed by atoms with Crippen LogP contribution >= 0.6 is 11.3 Å². The van der Waals surface area contributed by atoms with Crippen LogP contribution in [0.3, 0.4) is 0 Å². The minimum absolute atomic E-state index is 0.119. The topological polar surface area (TPSA) is 41.5 Å². The maximum atomic E-state index is 9.46. The zero-order valence-electron chi connectivity index (χ0n) is 7.98. The fourth-order valence-corrected chi connectivity index (χ4v) is 2.28. The normalized spacial score (nSPS) is 26.9. The summed E-state index contributed by atoms with van der Waals surface area (Å²) in [4.78, 5) is 0. The molecule has 0 saturated carbocycles. The van der Waals surface area contributed by atoms with Crippen LogP contribution in [0.2, 0.25) is 0 Å². The fourth-order valence-electron chi connectivity index (χ4n) is 1.57. The highest BCUT2D eigenvalue weighted by molar-refractivity contribution is 7.07. The van der Waals surface area contributed by atoms with Crippen LogP contribution in [0.5, 0.6) is 0 Å². The van der Waals surface area contributed by atoms with Crippen LogP contribution in [0.25, 0.3) is 0 Å². The lowest BCUT2D eigenvalue weighted by Crippen LogP contribution is -2.39. The van der Waals surface area contributed by atoms with Crippen LogP contribution in [0.15, 0.2) is 16.8 Å². The molecule has 0 spiro atoms. The molecule has 2 rings (SSSR count). The summed E-state index contributed by atoms with van der Waals surface area (Å²) < 4.78 is 5.15. The molecule has 0 aliphatic carbocycles. The molecule has 1 fully saturated rings. The molecule has 1 aromatic rings. The van der Waals surface area contributed by atoms with Gasteiger partial charge in [-0.3, -0.25) is 0 Å². The van der Waals surface area contributed by atoms with Crippen LogP contribution in [0.4, 0.5) is 0 Å². The van der Waals surface area contributed by atoms with Gasteiger partial charge in [-0.15, -0.1) is 0 Å². The zero-order chi connectivity index (χ0) is 9.80. The van der Waals surface area contributed by atoms with E-state index in [0.717, 1.165) is 13.0 Å². The van der Waals surface area contributed by atoms with Crippen molar-refractivity contribution in [1.82, 2.24) is 5.32 Å². The van der Waals surface area contributed by atoms with E-state index in [4.69, 9.17) is 4.74 Å². The summed E-state index contributed by atoms with van der Waals surface area (Å²) in [6.07, 6.45) is 0.685. The van der Waals surface area contributed by atoms with Gasteiger partial charge < -0.3 is 15.2 Å². The lowest BCUT2D eigenvalue weighted by atomic mass is 10.2. The van der Waals surface area contributed by atoms with Gasteiger partial charge in [0.05, 0.1) is 25.4 Å². The smallest absolute Gasteiger partial charge is 0.0948 e. The Balaban J connectivity index is 1.68. The molecule has 2 heterocycles. The Labute approximate surface area is 87.7 Å². The van der Waals surface area contributed by atoms with E-state index >= 15 is 0 Å². The Hall–Kier alpha value is -0.420. The first-order valence-corrected chi connectivity index (χ1v) is 5.81. The molecule has 2 N–H and O–H groups in total. The van der Waals surface area contributed by atoms with E-state index < -0.39 is 0 Å². The number of nitrogens with one attached hydrogen (secondary N) is 1. The van der Waals surface area contributed by atoms with Crippen molar-refractivity contribution in [3.8, 4) is 0 Å². The predicted molar refractivity (Wildman–Crippen MR) is 56.6 cm³/mol. The van der Waals surface area contributed by atoms with E-state index in [2.05, 4.69) is 22.1 Å². The first-order valence-electron chi connectivity index (χ1n) is 4.86. The summed E-state index contributed by atoms with van der Waals surface area (Å²) in [5.41, 5.74) is 1.36. The number of aliphatic hydroxyl groups is 1. The first kappa shape index (κ1) is 10.1. The second kappa shape index (κ2) is 4.89. The van der Waals surface area contributed by atoms with Gasteiger partial charge in [-0.05, 0) is 35.4 Å². The number of ether oxygens (including phenoxy) is 1. The molecule has 4 heteroatoms. The maximum absolute atomic E-state index is 9.46. The van der Waals surface area contributed by atoms with Crippen molar-refractivity contribution >= 4 is 11.3 Å². The SMILES string of the molecule is OC1COCC1NCCc1ccsc1. The molecule has 78 valence electrons. The Morgan fingerprint density at radius 2 is 2.50 bits per heavy atom. The van der Waals surface area contributed by atoms with Crippen molar-refractivity contribution in [3.63, 3.8) is 0 Å². The van der Waals surface area contributed by atoms with Gasteiger partial charge in [-0.25, -0.2) is 0 Å². The Morgan fingerprint density at radius 3 is 3.14 bits per heavy atom. The fraction of sp³-hybridized carbons (Fsp3) is 0.600. The number of hydrogen-bond donors (Lipinski definition) is 2. The van der Waals surface area contributed by atoms with Gasteiger partial charge in [0.2, 0.25) is 0 Å². The van der Waals surface area contributed by atoms with Crippen LogP contribution < -0.4 is 5.32 Å². The largest absolute Gasteiger partial charge is 0.389 e. The zero-order valence-corrected chi connectivity index (χ0v) is 8.80. The molecule has 14 heavy (non-hydrogen) atoms. The first-order chi connectivity index (χ1) is 6.86. The van der Waals surface area contributed by atoms with Gasteiger partial charge in [-0.2, -0.15) is 11.3 Å². The van der Waals surface area contributed by atoms with Crippen molar-refractivity contribution in [2.24, 2.45) is 0 Å². The molecule has 2 unspecified atom stereocenters. The van der Waals surface area contributed by atoms with Crippen molar-refractivity contribution < 1.29 is 9.84 Å². The standard InChI is InChI=1S/C10H15NO2S/c12-10-6-13-5-9(10)11-3-1-8-2-4-14-7-8/h2,4,7,9-12H,1,3,5-6H2. The highest BCUT2D eigenvalue weighted by Gasteiger charge is 2.24. The highest BCUT2D eigenvalue weighted by atomic mass is 32.1. The third-order valence-electron chi connectivity index (χ3n) is 2.45. The van der Waals surface area contributed by atoms with Gasteiger partial charge >= 0.3 is 0 Å². The van der Waals surface area contributed by atoms with E-state index in [1.807, 2.05) is 0 Å². The number of rotatable bonds is 4. The van der Waals surface area contributed by atoms with Crippen LogP contribution in [-0.2, 0) is 11.2 Å². The van der Waals surface area contributed by atoms with Gasteiger partial charge in [0, 0.05) is 0 Å². The Kier molecular flexibility index (Phi) is 3.53. The van der Waals surface area contributed by atoms with Crippen molar-refractivity contribution in [3.05, 3.63) is 22.4 Å². The van der Waals surface area contributed by atoms with Gasteiger partial charge in [0.15, 0.2) is 0 Å². The summed E-state index contributed by atoms with van der Waals surface area (Å²) in [6, 6.07) is 2.25. The summed E-state index contributed by atoms with van der Waals surface area (Å²) in [6.45, 7) is 2.00. The van der Waals surface area contributed by atoms with E-state index in [9.17, 15) is 5.11 Å². The molecule has 0 bridgehead atoms. The molecule has 1 saturated heterocycles. The van der Waals surface area contributed by atoms with Crippen molar-refractivity contribution in [1.29, 1.82) is 0 Å². The summed E-state index contributed by atoms with van der Waals surface area (Å²) >= 11 is 1.72. The second-order valence-corrected chi connectivity index (χ2v) is 4.33. The second-order valence-electron chi connectivity index (χ2n) is 3.55. The van der Waals surface area contributed by atoms with E-state index in [-0.39, 0.29) is 12.1 Å². The molecular weight excluding hydrogens is 198 g/mol.